The molecular weight excluding hydrogens is 394 g/mol. The van der Waals surface area contributed by atoms with Crippen LogP contribution >= 0.6 is 23.5 Å². The lowest BCUT2D eigenvalue weighted by molar-refractivity contribution is -0.385. The number of nitrogens with zero attached hydrogens (tertiary/aromatic N) is 1. The molecule has 1 atom stereocenters. The van der Waals surface area contributed by atoms with Crippen molar-refractivity contribution in [2.75, 3.05) is 5.75 Å². The van der Waals surface area contributed by atoms with Crippen LogP contribution in [0.4, 0.5) is 5.69 Å². The minimum atomic E-state index is -0.497. The Balaban J connectivity index is 1.97. The Hall–Kier alpha value is -2.64. The predicted octanol–water partition coefficient (Wildman–Crippen LogP) is 5.14. The first kappa shape index (κ1) is 20.1. The molecule has 1 saturated heterocycles. The Labute approximate surface area is 171 Å². The fourth-order valence-corrected chi connectivity index (χ4v) is 5.50. The lowest BCUT2D eigenvalue weighted by Crippen LogP contribution is -2.13. The van der Waals surface area contributed by atoms with Gasteiger partial charge in [0.1, 0.15) is 0 Å². The highest BCUT2D eigenvalue weighted by Crippen LogP contribution is 2.44. The fourth-order valence-electron chi connectivity index (χ4n) is 2.66. The summed E-state index contributed by atoms with van der Waals surface area (Å²) in [7, 11) is 0. The second-order valence-corrected chi connectivity index (χ2v) is 8.85. The van der Waals surface area contributed by atoms with Gasteiger partial charge in [0.15, 0.2) is 11.6 Å². The van der Waals surface area contributed by atoms with Crippen molar-refractivity contribution < 1.29 is 14.5 Å². The fraction of sp³-hybridized carbons (Fsp3) is 0.143. The van der Waals surface area contributed by atoms with Crippen LogP contribution in [0.5, 0.6) is 0 Å². The van der Waals surface area contributed by atoms with Crippen LogP contribution in [0.25, 0.3) is 6.08 Å². The SMILES string of the molecule is C[C@@H]1CS/C(=C(\C(=O)/C=C/c2ccccc2[N+](=O)[O-])C(=O)c2ccccc2)S1. The zero-order valence-electron chi connectivity index (χ0n) is 15.0. The average molecular weight is 412 g/mol. The average Bonchev–Trinajstić information content (AvgIpc) is 3.13. The second-order valence-electron chi connectivity index (χ2n) is 6.11. The maximum Gasteiger partial charge on any atom is 0.276 e. The van der Waals surface area contributed by atoms with Crippen molar-refractivity contribution >= 4 is 46.9 Å². The first-order chi connectivity index (χ1) is 13.5. The van der Waals surface area contributed by atoms with Gasteiger partial charge < -0.3 is 0 Å². The lowest BCUT2D eigenvalue weighted by Gasteiger charge is -2.07. The van der Waals surface area contributed by atoms with Crippen molar-refractivity contribution in [3.05, 3.63) is 91.7 Å². The summed E-state index contributed by atoms with van der Waals surface area (Å²) in [6.45, 7) is 2.04. The molecule has 0 spiro atoms. The van der Waals surface area contributed by atoms with Crippen LogP contribution < -0.4 is 0 Å². The van der Waals surface area contributed by atoms with E-state index in [1.165, 1.54) is 41.7 Å². The van der Waals surface area contributed by atoms with E-state index in [0.717, 1.165) is 5.75 Å². The number of hydrogen-bond donors (Lipinski definition) is 0. The van der Waals surface area contributed by atoms with Crippen molar-refractivity contribution in [3.8, 4) is 0 Å². The maximum absolute atomic E-state index is 13.0. The summed E-state index contributed by atoms with van der Waals surface area (Å²) in [6.07, 6.45) is 2.64. The molecule has 0 aliphatic carbocycles. The van der Waals surface area contributed by atoms with Crippen LogP contribution in [0.15, 0.2) is 70.5 Å². The van der Waals surface area contributed by atoms with Crippen molar-refractivity contribution in [1.29, 1.82) is 0 Å². The van der Waals surface area contributed by atoms with Gasteiger partial charge in [-0.15, -0.1) is 23.5 Å². The van der Waals surface area contributed by atoms with E-state index < -0.39 is 10.7 Å². The topological polar surface area (TPSA) is 77.3 Å². The Kier molecular flexibility index (Phi) is 6.49. The van der Waals surface area contributed by atoms with E-state index in [0.29, 0.717) is 20.6 Å². The molecule has 0 aromatic heterocycles. The normalized spacial score (nSPS) is 18.2. The molecule has 142 valence electrons. The first-order valence-electron chi connectivity index (χ1n) is 8.56. The zero-order chi connectivity index (χ0) is 20.1. The minimum Gasteiger partial charge on any atom is -0.289 e. The summed E-state index contributed by atoms with van der Waals surface area (Å²) in [5, 5.41) is 11.5. The molecule has 5 nitrogen and oxygen atoms in total. The van der Waals surface area contributed by atoms with Crippen LogP contribution in [0.3, 0.4) is 0 Å². The van der Waals surface area contributed by atoms with Gasteiger partial charge in [0.2, 0.25) is 0 Å². The molecule has 1 fully saturated rings. The predicted molar refractivity (Wildman–Crippen MR) is 114 cm³/mol. The van der Waals surface area contributed by atoms with Gasteiger partial charge in [-0.1, -0.05) is 49.4 Å². The van der Waals surface area contributed by atoms with Gasteiger partial charge in [0.05, 0.1) is 20.3 Å². The highest BCUT2D eigenvalue weighted by Gasteiger charge is 2.28. The van der Waals surface area contributed by atoms with Crippen LogP contribution in [-0.4, -0.2) is 27.5 Å². The Bertz CT molecular complexity index is 983. The zero-order valence-corrected chi connectivity index (χ0v) is 16.7. The molecule has 1 heterocycles. The van der Waals surface area contributed by atoms with Crippen LogP contribution in [0, 0.1) is 10.1 Å². The molecule has 7 heteroatoms. The monoisotopic (exact) mass is 411 g/mol. The minimum absolute atomic E-state index is 0.0895. The molecular formula is C21H17NO4S2. The van der Waals surface area contributed by atoms with E-state index in [1.54, 1.807) is 48.5 Å². The summed E-state index contributed by atoms with van der Waals surface area (Å²) < 4.78 is 0.707. The number of nitro groups is 1. The third-order valence-electron chi connectivity index (χ3n) is 4.02. The van der Waals surface area contributed by atoms with Gasteiger partial charge in [0.25, 0.3) is 5.69 Å². The Morgan fingerprint density at radius 3 is 2.43 bits per heavy atom. The third-order valence-corrected chi connectivity index (χ3v) is 6.99. The summed E-state index contributed by atoms with van der Waals surface area (Å²) in [5.74, 6) is 0.0465. The molecule has 1 aliphatic heterocycles. The number of rotatable bonds is 6. The van der Waals surface area contributed by atoms with E-state index in [1.807, 2.05) is 6.92 Å². The molecule has 0 saturated carbocycles. The standard InChI is InChI=1S/C21H17NO4S2/c1-14-13-27-21(28-14)19(20(24)16-8-3-2-4-9-16)18(23)12-11-15-7-5-6-10-17(15)22(25)26/h2-12,14H,13H2,1H3/b12-11+,21-19-/t14-/m1/s1. The number of carbonyl (C=O) groups is 2. The number of allylic oxidation sites excluding steroid dienone is 2. The second kappa shape index (κ2) is 9.03. The van der Waals surface area contributed by atoms with Gasteiger partial charge in [-0.3, -0.25) is 19.7 Å². The number of thioether (sulfide) groups is 2. The van der Waals surface area contributed by atoms with E-state index in [4.69, 9.17) is 0 Å². The third kappa shape index (κ3) is 4.61. The number of para-hydroxylation sites is 1. The van der Waals surface area contributed by atoms with E-state index in [-0.39, 0.29) is 17.0 Å². The molecule has 0 bridgehead atoms. The number of benzene rings is 2. The summed E-state index contributed by atoms with van der Waals surface area (Å²) >= 11 is 3.01. The molecule has 1 aliphatic rings. The van der Waals surface area contributed by atoms with Gasteiger partial charge in [-0.25, -0.2) is 0 Å². The Morgan fingerprint density at radius 1 is 1.11 bits per heavy atom. The van der Waals surface area contributed by atoms with E-state index in [9.17, 15) is 19.7 Å². The van der Waals surface area contributed by atoms with Crippen molar-refractivity contribution in [3.63, 3.8) is 0 Å². The molecule has 3 rings (SSSR count). The molecule has 0 unspecified atom stereocenters. The largest absolute Gasteiger partial charge is 0.289 e. The summed E-state index contributed by atoms with van der Waals surface area (Å²) in [5.41, 5.74) is 0.796. The number of ketones is 2. The molecule has 2 aromatic carbocycles. The lowest BCUT2D eigenvalue weighted by atomic mass is 10.0. The summed E-state index contributed by atoms with van der Waals surface area (Å²) in [6, 6.07) is 14.8. The number of nitro benzene ring substituents is 1. The van der Waals surface area contributed by atoms with Crippen molar-refractivity contribution in [2.24, 2.45) is 0 Å². The summed E-state index contributed by atoms with van der Waals surface area (Å²) in [4.78, 5) is 36.6. The van der Waals surface area contributed by atoms with Crippen LogP contribution in [0.1, 0.15) is 22.8 Å². The number of carbonyl (C=O) groups excluding carboxylic acids is 2. The van der Waals surface area contributed by atoms with Crippen LogP contribution in [-0.2, 0) is 4.79 Å². The molecule has 2 aromatic rings. The highest BCUT2D eigenvalue weighted by molar-refractivity contribution is 8.25. The molecule has 0 radical (unpaired) electrons. The smallest absolute Gasteiger partial charge is 0.276 e. The number of hydrogen-bond acceptors (Lipinski definition) is 6. The Morgan fingerprint density at radius 2 is 1.79 bits per heavy atom. The quantitative estimate of drug-likeness (QED) is 0.164. The van der Waals surface area contributed by atoms with E-state index >= 15 is 0 Å². The van der Waals surface area contributed by atoms with Crippen molar-refractivity contribution in [1.82, 2.24) is 0 Å². The number of Topliss-reactive ketones (excluding diaryl/α,β-unsaturated/α-hetero) is 1. The van der Waals surface area contributed by atoms with Gasteiger partial charge in [0, 0.05) is 22.6 Å². The molecule has 0 amide bonds. The van der Waals surface area contributed by atoms with Gasteiger partial charge >= 0.3 is 0 Å². The van der Waals surface area contributed by atoms with Gasteiger partial charge in [-0.2, -0.15) is 0 Å². The van der Waals surface area contributed by atoms with Crippen molar-refractivity contribution in [2.45, 2.75) is 12.2 Å². The van der Waals surface area contributed by atoms with Gasteiger partial charge in [-0.05, 0) is 18.2 Å². The molecule has 28 heavy (non-hydrogen) atoms. The highest BCUT2D eigenvalue weighted by atomic mass is 32.2. The molecule has 0 N–H and O–H groups in total. The van der Waals surface area contributed by atoms with E-state index in [2.05, 4.69) is 0 Å². The maximum atomic E-state index is 13.0. The van der Waals surface area contributed by atoms with Crippen LogP contribution in [0.2, 0.25) is 0 Å². The first-order valence-corrected chi connectivity index (χ1v) is 10.4.